The van der Waals surface area contributed by atoms with Crippen molar-refractivity contribution in [3.05, 3.63) is 0 Å². The number of hydrogen-bond donors (Lipinski definition) is 1. The van der Waals surface area contributed by atoms with E-state index in [-0.39, 0.29) is 18.4 Å². The quantitative estimate of drug-likeness (QED) is 0.322. The molecule has 3 heteroatoms. The van der Waals surface area contributed by atoms with Crippen LogP contribution < -0.4 is 5.48 Å². The molecule has 78 valence electrons. The molecule has 0 radical (unpaired) electrons. The summed E-state index contributed by atoms with van der Waals surface area (Å²) in [4.78, 5) is 16.3. The molecule has 3 nitrogen and oxygen atoms in total. The van der Waals surface area contributed by atoms with Crippen LogP contribution >= 0.6 is 0 Å². The van der Waals surface area contributed by atoms with Crippen LogP contribution in [0.3, 0.4) is 0 Å². The molecule has 1 N–H and O–H groups in total. The van der Waals surface area contributed by atoms with Gasteiger partial charge in [-0.3, -0.25) is 9.63 Å². The van der Waals surface area contributed by atoms with Crippen molar-refractivity contribution < 1.29 is 9.63 Å². The van der Waals surface area contributed by atoms with Crippen LogP contribution in [0.25, 0.3) is 0 Å². The van der Waals surface area contributed by atoms with Gasteiger partial charge in [0, 0.05) is 5.92 Å². The summed E-state index contributed by atoms with van der Waals surface area (Å²) in [5, 5.41) is 0. The summed E-state index contributed by atoms with van der Waals surface area (Å²) < 4.78 is 0. The Hall–Kier alpha value is -1.01. The number of hydrogen-bond acceptors (Lipinski definition) is 2. The SMILES string of the molecule is C#CCONC(=O)C1CCCCCC1. The molecule has 0 spiro atoms. The van der Waals surface area contributed by atoms with E-state index in [1.54, 1.807) is 0 Å². The second-order valence-electron chi connectivity index (χ2n) is 3.65. The molecule has 0 atom stereocenters. The highest BCUT2D eigenvalue weighted by Gasteiger charge is 2.19. The van der Waals surface area contributed by atoms with Gasteiger partial charge in [-0.15, -0.1) is 6.42 Å². The van der Waals surface area contributed by atoms with Gasteiger partial charge < -0.3 is 0 Å². The minimum atomic E-state index is -0.0119. The lowest BCUT2D eigenvalue weighted by Crippen LogP contribution is -2.30. The van der Waals surface area contributed by atoms with Crippen molar-refractivity contribution in [1.29, 1.82) is 0 Å². The van der Waals surface area contributed by atoms with Gasteiger partial charge in [0.25, 0.3) is 0 Å². The molecule has 0 aromatic heterocycles. The molecule has 0 saturated heterocycles. The van der Waals surface area contributed by atoms with Crippen LogP contribution in [0.1, 0.15) is 38.5 Å². The molecule has 1 amide bonds. The van der Waals surface area contributed by atoms with Gasteiger partial charge in [0.15, 0.2) is 0 Å². The molecule has 0 aliphatic heterocycles. The largest absolute Gasteiger partial charge is 0.272 e. The fraction of sp³-hybridized carbons (Fsp3) is 0.727. The number of terminal acetylenes is 1. The lowest BCUT2D eigenvalue weighted by Gasteiger charge is -2.12. The highest BCUT2D eigenvalue weighted by Crippen LogP contribution is 2.22. The van der Waals surface area contributed by atoms with Gasteiger partial charge in [-0.05, 0) is 12.8 Å². The van der Waals surface area contributed by atoms with Crippen LogP contribution in [0.15, 0.2) is 0 Å². The zero-order valence-electron chi connectivity index (χ0n) is 8.42. The zero-order chi connectivity index (χ0) is 10.2. The molecule has 1 aliphatic rings. The lowest BCUT2D eigenvalue weighted by atomic mass is 10.0. The maximum Gasteiger partial charge on any atom is 0.246 e. The van der Waals surface area contributed by atoms with Gasteiger partial charge in [0.05, 0.1) is 0 Å². The molecule has 1 fully saturated rings. The first-order valence-electron chi connectivity index (χ1n) is 5.19. The molecule has 1 aliphatic carbocycles. The van der Waals surface area contributed by atoms with E-state index in [1.807, 2.05) is 0 Å². The highest BCUT2D eigenvalue weighted by molar-refractivity contribution is 5.77. The molecule has 0 aromatic rings. The van der Waals surface area contributed by atoms with E-state index in [2.05, 4.69) is 11.4 Å². The molecule has 0 bridgehead atoms. The average molecular weight is 195 g/mol. The Bertz CT molecular complexity index is 212. The van der Waals surface area contributed by atoms with Crippen molar-refractivity contribution in [2.75, 3.05) is 6.61 Å². The standard InChI is InChI=1S/C11H17NO2/c1-2-9-14-12-11(13)10-7-5-3-4-6-8-10/h1,10H,3-9H2,(H,12,13). The van der Waals surface area contributed by atoms with Gasteiger partial charge in [-0.2, -0.15) is 0 Å². The van der Waals surface area contributed by atoms with Gasteiger partial charge in [-0.1, -0.05) is 31.6 Å². The normalized spacial score (nSPS) is 18.2. The molecule has 1 saturated carbocycles. The Morgan fingerprint density at radius 2 is 2.00 bits per heavy atom. The van der Waals surface area contributed by atoms with E-state index in [0.717, 1.165) is 25.7 Å². The van der Waals surface area contributed by atoms with Crippen LogP contribution in [0.5, 0.6) is 0 Å². The summed E-state index contributed by atoms with van der Waals surface area (Å²) in [6.45, 7) is 0.137. The topological polar surface area (TPSA) is 38.3 Å². The molecule has 0 unspecified atom stereocenters. The number of hydroxylamine groups is 1. The van der Waals surface area contributed by atoms with Crippen molar-refractivity contribution in [2.45, 2.75) is 38.5 Å². The fourth-order valence-corrected chi connectivity index (χ4v) is 1.77. The Labute approximate surface area is 85.2 Å². The van der Waals surface area contributed by atoms with Crippen LogP contribution in [0.2, 0.25) is 0 Å². The predicted molar refractivity (Wildman–Crippen MR) is 54.1 cm³/mol. The summed E-state index contributed by atoms with van der Waals surface area (Å²) >= 11 is 0. The van der Waals surface area contributed by atoms with E-state index in [4.69, 9.17) is 11.3 Å². The van der Waals surface area contributed by atoms with Gasteiger partial charge in [-0.25, -0.2) is 5.48 Å². The minimum Gasteiger partial charge on any atom is -0.272 e. The van der Waals surface area contributed by atoms with E-state index in [1.165, 1.54) is 12.8 Å². The maximum atomic E-state index is 11.5. The number of carbonyl (C=O) groups excluding carboxylic acids is 1. The summed E-state index contributed by atoms with van der Waals surface area (Å²) in [6, 6.07) is 0. The Morgan fingerprint density at radius 3 is 2.57 bits per heavy atom. The first-order valence-corrected chi connectivity index (χ1v) is 5.19. The van der Waals surface area contributed by atoms with Crippen molar-refractivity contribution >= 4 is 5.91 Å². The van der Waals surface area contributed by atoms with Crippen molar-refractivity contribution in [1.82, 2.24) is 5.48 Å². The maximum absolute atomic E-state index is 11.5. The number of amides is 1. The van der Waals surface area contributed by atoms with Crippen molar-refractivity contribution in [3.8, 4) is 12.3 Å². The lowest BCUT2D eigenvalue weighted by molar-refractivity contribution is -0.137. The molecule has 1 rings (SSSR count). The van der Waals surface area contributed by atoms with Crippen LogP contribution in [0, 0.1) is 18.3 Å². The molecule has 0 heterocycles. The second-order valence-corrected chi connectivity index (χ2v) is 3.65. The smallest absolute Gasteiger partial charge is 0.246 e. The second kappa shape index (κ2) is 6.44. The highest BCUT2D eigenvalue weighted by atomic mass is 16.6. The summed E-state index contributed by atoms with van der Waals surface area (Å²) in [7, 11) is 0. The minimum absolute atomic E-state index is 0.0119. The van der Waals surface area contributed by atoms with E-state index in [9.17, 15) is 4.79 Å². The van der Waals surface area contributed by atoms with Crippen LogP contribution in [-0.4, -0.2) is 12.5 Å². The Morgan fingerprint density at radius 1 is 1.36 bits per heavy atom. The van der Waals surface area contributed by atoms with Crippen LogP contribution in [-0.2, 0) is 9.63 Å². The molecular formula is C11H17NO2. The average Bonchev–Trinajstić information content (AvgIpc) is 2.46. The van der Waals surface area contributed by atoms with Crippen molar-refractivity contribution in [3.63, 3.8) is 0 Å². The van der Waals surface area contributed by atoms with E-state index >= 15 is 0 Å². The van der Waals surface area contributed by atoms with E-state index in [0.29, 0.717) is 0 Å². The third-order valence-electron chi connectivity index (χ3n) is 2.55. The summed E-state index contributed by atoms with van der Waals surface area (Å²) in [5.74, 6) is 2.41. The number of rotatable bonds is 3. The summed E-state index contributed by atoms with van der Waals surface area (Å²) in [6.07, 6.45) is 11.7. The molecular weight excluding hydrogens is 178 g/mol. The number of carbonyl (C=O) groups is 1. The van der Waals surface area contributed by atoms with Gasteiger partial charge in [0.2, 0.25) is 5.91 Å². The Kier molecular flexibility index (Phi) is 5.09. The molecule has 0 aromatic carbocycles. The first kappa shape index (κ1) is 11.1. The van der Waals surface area contributed by atoms with Crippen LogP contribution in [0.4, 0.5) is 0 Å². The third kappa shape index (κ3) is 3.80. The van der Waals surface area contributed by atoms with Gasteiger partial charge in [0.1, 0.15) is 6.61 Å². The zero-order valence-corrected chi connectivity index (χ0v) is 8.42. The number of nitrogens with one attached hydrogen (secondary N) is 1. The van der Waals surface area contributed by atoms with Gasteiger partial charge >= 0.3 is 0 Å². The molecule has 14 heavy (non-hydrogen) atoms. The third-order valence-corrected chi connectivity index (χ3v) is 2.55. The van der Waals surface area contributed by atoms with E-state index < -0.39 is 0 Å². The first-order chi connectivity index (χ1) is 6.84. The fourth-order valence-electron chi connectivity index (χ4n) is 1.77. The summed E-state index contributed by atoms with van der Waals surface area (Å²) in [5.41, 5.74) is 2.40. The predicted octanol–water partition coefficient (Wildman–Crippen LogP) is 1.64. The Balaban J connectivity index is 2.24. The monoisotopic (exact) mass is 195 g/mol. The van der Waals surface area contributed by atoms with Crippen molar-refractivity contribution in [2.24, 2.45) is 5.92 Å².